The van der Waals surface area contributed by atoms with E-state index in [0.717, 1.165) is 28.0 Å². The third kappa shape index (κ3) is 3.87. The molecule has 1 amide bonds. The Morgan fingerprint density at radius 2 is 1.79 bits per heavy atom. The number of hydrogen-bond acceptors (Lipinski definition) is 2. The summed E-state index contributed by atoms with van der Waals surface area (Å²) in [4.78, 5) is 11.5. The Morgan fingerprint density at radius 1 is 1.04 bits per heavy atom. The molecule has 1 unspecified atom stereocenters. The van der Waals surface area contributed by atoms with E-state index in [-0.39, 0.29) is 5.92 Å². The molecule has 0 heterocycles. The number of carbonyl (C=O) groups is 1. The van der Waals surface area contributed by atoms with Crippen molar-refractivity contribution < 1.29 is 18.0 Å². The number of amides is 1. The number of primary amides is 1. The SMILES string of the molecule is CC(CCN)c1cc(C(F)(F)F)ccc1-c1cccc2cc(C(N)=O)ccc12. The second kappa shape index (κ2) is 7.64. The van der Waals surface area contributed by atoms with E-state index < -0.39 is 17.6 Å². The minimum Gasteiger partial charge on any atom is -0.366 e. The lowest BCUT2D eigenvalue weighted by Crippen LogP contribution is -2.10. The lowest BCUT2D eigenvalue weighted by atomic mass is 9.86. The molecule has 1 atom stereocenters. The molecule has 6 heteroatoms. The maximum absolute atomic E-state index is 13.3. The molecule has 28 heavy (non-hydrogen) atoms. The molecule has 0 saturated carbocycles. The Labute approximate surface area is 161 Å². The Balaban J connectivity index is 2.23. The summed E-state index contributed by atoms with van der Waals surface area (Å²) in [6.07, 6.45) is -3.84. The Hall–Kier alpha value is -2.86. The zero-order valence-electron chi connectivity index (χ0n) is 15.4. The van der Waals surface area contributed by atoms with Crippen molar-refractivity contribution in [3.63, 3.8) is 0 Å². The van der Waals surface area contributed by atoms with Crippen LogP contribution in [0.1, 0.15) is 40.7 Å². The van der Waals surface area contributed by atoms with Crippen LogP contribution < -0.4 is 11.5 Å². The Kier molecular flexibility index (Phi) is 5.42. The van der Waals surface area contributed by atoms with Gasteiger partial charge >= 0.3 is 6.18 Å². The highest BCUT2D eigenvalue weighted by molar-refractivity contribution is 6.02. The van der Waals surface area contributed by atoms with Crippen LogP contribution in [0.4, 0.5) is 13.2 Å². The van der Waals surface area contributed by atoms with Gasteiger partial charge in [0.1, 0.15) is 0 Å². The summed E-state index contributed by atoms with van der Waals surface area (Å²) < 4.78 is 39.8. The van der Waals surface area contributed by atoms with Crippen molar-refractivity contribution in [2.24, 2.45) is 11.5 Å². The van der Waals surface area contributed by atoms with Gasteiger partial charge in [-0.1, -0.05) is 37.3 Å². The lowest BCUT2D eigenvalue weighted by molar-refractivity contribution is -0.137. The molecule has 4 N–H and O–H groups in total. The van der Waals surface area contributed by atoms with Gasteiger partial charge in [-0.15, -0.1) is 0 Å². The average Bonchev–Trinajstić information content (AvgIpc) is 2.66. The van der Waals surface area contributed by atoms with Crippen molar-refractivity contribution in [2.45, 2.75) is 25.4 Å². The fourth-order valence-electron chi connectivity index (χ4n) is 3.47. The van der Waals surface area contributed by atoms with E-state index in [2.05, 4.69) is 0 Å². The average molecular weight is 386 g/mol. The predicted octanol–water partition coefficient (Wildman–Crippen LogP) is 5.08. The van der Waals surface area contributed by atoms with Gasteiger partial charge in [0.15, 0.2) is 0 Å². The van der Waals surface area contributed by atoms with Crippen molar-refractivity contribution in [2.75, 3.05) is 6.54 Å². The van der Waals surface area contributed by atoms with Gasteiger partial charge in [0.25, 0.3) is 0 Å². The first kappa shape index (κ1) is 19.9. The molecule has 0 aromatic heterocycles. The molecular formula is C22H21F3N2O. The quantitative estimate of drug-likeness (QED) is 0.642. The topological polar surface area (TPSA) is 69.1 Å². The summed E-state index contributed by atoms with van der Waals surface area (Å²) in [6, 6.07) is 14.5. The summed E-state index contributed by atoms with van der Waals surface area (Å²) >= 11 is 0. The fourth-order valence-corrected chi connectivity index (χ4v) is 3.47. The molecule has 3 aromatic rings. The molecule has 146 valence electrons. The molecule has 0 bridgehead atoms. The number of alkyl halides is 3. The smallest absolute Gasteiger partial charge is 0.366 e. The molecule has 0 aliphatic rings. The third-order valence-electron chi connectivity index (χ3n) is 4.96. The monoisotopic (exact) mass is 386 g/mol. The standard InChI is InChI=1S/C22H21F3N2O/c1-13(9-10-26)20-12-16(22(23,24)25)6-8-19(20)18-4-2-3-14-11-15(21(27)28)5-7-17(14)18/h2-8,11-13H,9-10,26H2,1H3,(H2,27,28). The van der Waals surface area contributed by atoms with E-state index in [1.807, 2.05) is 25.1 Å². The van der Waals surface area contributed by atoms with E-state index in [9.17, 15) is 18.0 Å². The van der Waals surface area contributed by atoms with E-state index in [0.29, 0.717) is 24.1 Å². The molecule has 0 aliphatic carbocycles. The zero-order chi connectivity index (χ0) is 20.5. The molecule has 3 rings (SSSR count). The van der Waals surface area contributed by atoms with Gasteiger partial charge in [-0.2, -0.15) is 13.2 Å². The minimum absolute atomic E-state index is 0.137. The van der Waals surface area contributed by atoms with Crippen LogP contribution >= 0.6 is 0 Å². The van der Waals surface area contributed by atoms with Crippen LogP contribution in [0.25, 0.3) is 21.9 Å². The van der Waals surface area contributed by atoms with Gasteiger partial charge < -0.3 is 11.5 Å². The number of benzene rings is 3. The normalized spacial score (nSPS) is 12.9. The number of carbonyl (C=O) groups excluding carboxylic acids is 1. The largest absolute Gasteiger partial charge is 0.416 e. The maximum atomic E-state index is 13.3. The summed E-state index contributed by atoms with van der Waals surface area (Å²) in [7, 11) is 0. The third-order valence-corrected chi connectivity index (χ3v) is 4.96. The first-order valence-corrected chi connectivity index (χ1v) is 8.96. The summed E-state index contributed by atoms with van der Waals surface area (Å²) in [5, 5.41) is 1.64. The molecule has 3 aromatic carbocycles. The molecule has 0 aliphatic heterocycles. The van der Waals surface area contributed by atoms with Gasteiger partial charge in [0.05, 0.1) is 5.56 Å². The van der Waals surface area contributed by atoms with E-state index >= 15 is 0 Å². The van der Waals surface area contributed by atoms with Gasteiger partial charge in [0, 0.05) is 5.56 Å². The highest BCUT2D eigenvalue weighted by Crippen LogP contribution is 2.39. The van der Waals surface area contributed by atoms with Gasteiger partial charge in [-0.25, -0.2) is 0 Å². The van der Waals surface area contributed by atoms with Gasteiger partial charge in [0.2, 0.25) is 5.91 Å². The number of rotatable bonds is 5. The second-order valence-corrected chi connectivity index (χ2v) is 6.88. The maximum Gasteiger partial charge on any atom is 0.416 e. The Bertz CT molecular complexity index is 1030. The van der Waals surface area contributed by atoms with Crippen molar-refractivity contribution >= 4 is 16.7 Å². The summed E-state index contributed by atoms with van der Waals surface area (Å²) in [5.41, 5.74) is 12.8. The molecule has 0 radical (unpaired) electrons. The zero-order valence-corrected chi connectivity index (χ0v) is 15.4. The molecule has 3 nitrogen and oxygen atoms in total. The first-order chi connectivity index (χ1) is 13.2. The van der Waals surface area contributed by atoms with E-state index in [1.165, 1.54) is 12.1 Å². The number of halogens is 3. The predicted molar refractivity (Wildman–Crippen MR) is 105 cm³/mol. The van der Waals surface area contributed by atoms with Crippen LogP contribution in [0.3, 0.4) is 0 Å². The van der Waals surface area contributed by atoms with Crippen molar-refractivity contribution in [3.05, 3.63) is 71.3 Å². The number of fused-ring (bicyclic) bond motifs is 1. The number of nitrogens with two attached hydrogens (primary N) is 2. The van der Waals surface area contributed by atoms with Gasteiger partial charge in [-0.3, -0.25) is 4.79 Å². The van der Waals surface area contributed by atoms with Crippen molar-refractivity contribution in [3.8, 4) is 11.1 Å². The fraction of sp³-hybridized carbons (Fsp3) is 0.227. The highest BCUT2D eigenvalue weighted by atomic mass is 19.4. The highest BCUT2D eigenvalue weighted by Gasteiger charge is 2.31. The molecule has 0 spiro atoms. The first-order valence-electron chi connectivity index (χ1n) is 8.96. The van der Waals surface area contributed by atoms with Crippen LogP contribution in [0.2, 0.25) is 0 Å². The minimum atomic E-state index is -4.41. The second-order valence-electron chi connectivity index (χ2n) is 6.88. The van der Waals surface area contributed by atoms with Crippen LogP contribution in [0.15, 0.2) is 54.6 Å². The summed E-state index contributed by atoms with van der Waals surface area (Å²) in [5.74, 6) is -0.665. The summed E-state index contributed by atoms with van der Waals surface area (Å²) in [6.45, 7) is 2.26. The molecular weight excluding hydrogens is 365 g/mol. The van der Waals surface area contributed by atoms with Gasteiger partial charge in [-0.05, 0) is 70.6 Å². The van der Waals surface area contributed by atoms with Crippen LogP contribution in [-0.4, -0.2) is 12.5 Å². The van der Waals surface area contributed by atoms with Crippen LogP contribution in [-0.2, 0) is 6.18 Å². The number of hydrogen-bond donors (Lipinski definition) is 2. The van der Waals surface area contributed by atoms with Crippen LogP contribution in [0.5, 0.6) is 0 Å². The molecule has 0 saturated heterocycles. The molecule has 0 fully saturated rings. The van der Waals surface area contributed by atoms with Crippen LogP contribution in [0, 0.1) is 0 Å². The van der Waals surface area contributed by atoms with E-state index in [1.54, 1.807) is 18.2 Å². The van der Waals surface area contributed by atoms with E-state index in [4.69, 9.17) is 11.5 Å². The van der Waals surface area contributed by atoms with Crippen molar-refractivity contribution in [1.82, 2.24) is 0 Å². The lowest BCUT2D eigenvalue weighted by Gasteiger charge is -2.20. The Morgan fingerprint density at radius 3 is 2.43 bits per heavy atom. The van der Waals surface area contributed by atoms with Crippen molar-refractivity contribution in [1.29, 1.82) is 0 Å².